The van der Waals surface area contributed by atoms with Crippen molar-refractivity contribution in [1.29, 1.82) is 0 Å². The quantitative estimate of drug-likeness (QED) is 0.302. The first kappa shape index (κ1) is 27.3. The summed E-state index contributed by atoms with van der Waals surface area (Å²) < 4.78 is 86.3. The van der Waals surface area contributed by atoms with Crippen LogP contribution in [0.2, 0.25) is 0 Å². The van der Waals surface area contributed by atoms with E-state index in [9.17, 15) is 22.7 Å². The van der Waals surface area contributed by atoms with E-state index in [4.69, 9.17) is 15.2 Å². The van der Waals surface area contributed by atoms with Gasteiger partial charge in [-0.05, 0) is 57.6 Å². The second-order valence-corrected chi connectivity index (χ2v) is 11.8. The van der Waals surface area contributed by atoms with Crippen LogP contribution in [0.4, 0.5) is 33.5 Å². The Balaban J connectivity index is 1.51. The summed E-state index contributed by atoms with van der Waals surface area (Å²) in [5.41, 5.74) is 0.213. The van der Waals surface area contributed by atoms with Gasteiger partial charge in [-0.25, -0.2) is 13.8 Å². The molecule has 1 aromatic carbocycles. The zero-order valence-corrected chi connectivity index (χ0v) is 22.9. The van der Waals surface area contributed by atoms with E-state index >= 15 is 4.39 Å². The average Bonchev–Trinajstić information content (AvgIpc) is 3.24. The van der Waals surface area contributed by atoms with Crippen molar-refractivity contribution in [3.63, 3.8) is 0 Å². The second kappa shape index (κ2) is 9.24. The molecule has 7 rings (SSSR count). The maximum atomic E-state index is 16.6. The molecule has 2 bridgehead atoms. The Labute approximate surface area is 237 Å². The Bertz CT molecular complexity index is 1610. The number of hydrogen-bond acceptors (Lipinski definition) is 9. The van der Waals surface area contributed by atoms with Gasteiger partial charge in [0, 0.05) is 24.2 Å². The fraction of sp³-hybridized carbons (Fsp3) is 0.536. The monoisotopic (exact) mass is 592 g/mol. The van der Waals surface area contributed by atoms with E-state index in [-0.39, 0.29) is 47.5 Å². The van der Waals surface area contributed by atoms with Gasteiger partial charge in [0.15, 0.2) is 5.82 Å². The molecule has 2 aromatic heterocycles. The van der Waals surface area contributed by atoms with E-state index in [2.05, 4.69) is 20.3 Å². The minimum absolute atomic E-state index is 0.0264. The van der Waals surface area contributed by atoms with Crippen LogP contribution in [-0.2, 0) is 6.18 Å². The Kier molecular flexibility index (Phi) is 6.01. The molecule has 224 valence electrons. The van der Waals surface area contributed by atoms with Crippen molar-refractivity contribution < 1.29 is 36.5 Å². The van der Waals surface area contributed by atoms with Gasteiger partial charge in [-0.2, -0.15) is 23.1 Å². The van der Waals surface area contributed by atoms with Crippen LogP contribution < -0.4 is 25.4 Å². The fourth-order valence-electron chi connectivity index (χ4n) is 6.94. The molecule has 9 nitrogen and oxygen atoms in total. The van der Waals surface area contributed by atoms with Crippen molar-refractivity contribution >= 4 is 22.4 Å². The van der Waals surface area contributed by atoms with Gasteiger partial charge in [0.25, 0.3) is 0 Å². The van der Waals surface area contributed by atoms with E-state index in [1.807, 2.05) is 11.8 Å². The molecular formula is C28H29F5N6O3. The van der Waals surface area contributed by atoms with Crippen LogP contribution in [0.25, 0.3) is 22.2 Å². The van der Waals surface area contributed by atoms with Crippen LogP contribution >= 0.6 is 0 Å². The van der Waals surface area contributed by atoms with Gasteiger partial charge in [-0.15, -0.1) is 0 Å². The maximum absolute atomic E-state index is 16.6. The molecule has 2 saturated heterocycles. The molecule has 3 aliphatic heterocycles. The van der Waals surface area contributed by atoms with Crippen molar-refractivity contribution in [2.24, 2.45) is 0 Å². The number of halogens is 5. The summed E-state index contributed by atoms with van der Waals surface area (Å²) in [6.07, 6.45) is -1.87. The molecule has 1 saturated carbocycles. The van der Waals surface area contributed by atoms with E-state index in [1.165, 1.54) is 0 Å². The van der Waals surface area contributed by atoms with Gasteiger partial charge in [-0.3, -0.25) is 0 Å². The molecule has 5 heterocycles. The molecule has 3 fully saturated rings. The van der Waals surface area contributed by atoms with Crippen molar-refractivity contribution in [3.8, 4) is 23.1 Å². The molecule has 0 unspecified atom stereocenters. The van der Waals surface area contributed by atoms with Crippen LogP contribution in [0, 0.1) is 18.6 Å². The largest absolute Gasteiger partial charge is 0.472 e. The van der Waals surface area contributed by atoms with Crippen molar-refractivity contribution in [2.75, 3.05) is 23.8 Å². The fourth-order valence-corrected chi connectivity index (χ4v) is 6.94. The van der Waals surface area contributed by atoms with E-state index < -0.39 is 57.6 Å². The number of alkyl halides is 3. The number of anilines is 2. The molecule has 0 amide bonds. The molecule has 0 spiro atoms. The van der Waals surface area contributed by atoms with Crippen LogP contribution in [0.5, 0.6) is 11.9 Å². The van der Waals surface area contributed by atoms with Crippen LogP contribution in [0.3, 0.4) is 0 Å². The van der Waals surface area contributed by atoms with Crippen molar-refractivity contribution in [1.82, 2.24) is 20.3 Å². The summed E-state index contributed by atoms with van der Waals surface area (Å²) >= 11 is 0. The molecule has 4 aliphatic rings. The van der Waals surface area contributed by atoms with E-state index in [0.29, 0.717) is 25.2 Å². The van der Waals surface area contributed by atoms with Crippen molar-refractivity contribution in [2.45, 2.75) is 82.0 Å². The standard InChI is InChI=1S/C28H29F5N6O3/c1-11-18(28(31,32)33)14(8-15(34)19(11)29)21-20(30)22-17-24(38-26(37-22)42-27(10-40)6-3-7-27)39-9-13-4-5-16(35-13)23(39)12(2)41-25(17)36-21/h8,12-13,16,23,35,40H,3-7,9-10,34H2,1-2H3/t12-,13+,16-,23+/m0/s1. The number of pyridine rings is 1. The Morgan fingerprint density at radius 3 is 2.62 bits per heavy atom. The SMILES string of the molecule is Cc1c(F)c(N)cc(-c2nc3c4c(nc(OC5(CO)CCC5)nc4c2F)N2C[C@H]4CC[C@H](N4)[C@H]2[C@H](C)O3)c1C(F)(F)F. The predicted octanol–water partition coefficient (Wildman–Crippen LogP) is 4.26. The van der Waals surface area contributed by atoms with E-state index in [0.717, 1.165) is 32.3 Å². The lowest BCUT2D eigenvalue weighted by atomic mass is 9.81. The lowest BCUT2D eigenvalue weighted by molar-refractivity contribution is -0.137. The number of nitrogens with two attached hydrogens (primary N) is 1. The molecule has 42 heavy (non-hydrogen) atoms. The van der Waals surface area contributed by atoms with Gasteiger partial charge >= 0.3 is 12.2 Å². The molecule has 1 aliphatic carbocycles. The normalized spacial score (nSPS) is 26.0. The predicted molar refractivity (Wildman–Crippen MR) is 142 cm³/mol. The Morgan fingerprint density at radius 1 is 1.19 bits per heavy atom. The number of rotatable bonds is 4. The highest BCUT2D eigenvalue weighted by Gasteiger charge is 2.48. The molecule has 4 N–H and O–H groups in total. The van der Waals surface area contributed by atoms with Crippen LogP contribution in [-0.4, -0.2) is 63.0 Å². The van der Waals surface area contributed by atoms with Crippen LogP contribution in [0.15, 0.2) is 6.07 Å². The number of fused-ring (bicyclic) bond motifs is 5. The first-order valence-corrected chi connectivity index (χ1v) is 14.0. The third-order valence-corrected chi connectivity index (χ3v) is 9.15. The Morgan fingerprint density at radius 2 is 1.95 bits per heavy atom. The van der Waals surface area contributed by atoms with Gasteiger partial charge in [-0.1, -0.05) is 0 Å². The zero-order valence-electron chi connectivity index (χ0n) is 22.9. The number of benzene rings is 1. The van der Waals surface area contributed by atoms with Crippen LogP contribution in [0.1, 0.15) is 50.2 Å². The number of nitrogens with one attached hydrogen (secondary N) is 1. The smallest absolute Gasteiger partial charge is 0.417 e. The van der Waals surface area contributed by atoms with Crippen molar-refractivity contribution in [3.05, 3.63) is 28.8 Å². The third-order valence-electron chi connectivity index (χ3n) is 9.15. The number of nitrogens with zero attached hydrogens (tertiary/aromatic N) is 4. The van der Waals surface area contributed by atoms with Gasteiger partial charge < -0.3 is 30.5 Å². The van der Waals surface area contributed by atoms with Gasteiger partial charge in [0.1, 0.15) is 39.9 Å². The number of piperazine rings is 1. The van der Waals surface area contributed by atoms with E-state index in [1.54, 1.807) is 0 Å². The highest BCUT2D eigenvalue weighted by Crippen LogP contribution is 2.48. The number of ether oxygens (including phenoxy) is 2. The highest BCUT2D eigenvalue weighted by molar-refractivity contribution is 5.97. The minimum atomic E-state index is -5.05. The average molecular weight is 593 g/mol. The summed E-state index contributed by atoms with van der Waals surface area (Å²) in [6.45, 7) is 2.98. The minimum Gasteiger partial charge on any atom is -0.472 e. The van der Waals surface area contributed by atoms with Gasteiger partial charge in [0.2, 0.25) is 5.88 Å². The lowest BCUT2D eigenvalue weighted by Gasteiger charge is -2.43. The second-order valence-electron chi connectivity index (χ2n) is 11.8. The number of aliphatic hydroxyl groups excluding tert-OH is 1. The summed E-state index contributed by atoms with van der Waals surface area (Å²) in [5, 5.41) is 13.7. The third kappa shape index (κ3) is 3.98. The highest BCUT2D eigenvalue weighted by atomic mass is 19.4. The number of hydrogen-bond donors (Lipinski definition) is 3. The molecule has 14 heteroatoms. The lowest BCUT2D eigenvalue weighted by Crippen LogP contribution is -2.62. The number of aliphatic hydroxyl groups is 1. The summed E-state index contributed by atoms with van der Waals surface area (Å²) in [7, 11) is 0. The number of nitrogen functional groups attached to an aromatic ring is 1. The number of aromatic nitrogens is 3. The Hall–Kier alpha value is -3.52. The zero-order chi connectivity index (χ0) is 29.7. The summed E-state index contributed by atoms with van der Waals surface area (Å²) in [5.74, 6) is -2.27. The van der Waals surface area contributed by atoms with Gasteiger partial charge in [0.05, 0.1) is 23.9 Å². The molecular weight excluding hydrogens is 563 g/mol. The maximum Gasteiger partial charge on any atom is 0.417 e. The summed E-state index contributed by atoms with van der Waals surface area (Å²) in [4.78, 5) is 15.3. The topological polar surface area (TPSA) is 119 Å². The molecule has 3 aromatic rings. The first-order chi connectivity index (χ1) is 19.9. The first-order valence-electron chi connectivity index (χ1n) is 14.0. The summed E-state index contributed by atoms with van der Waals surface area (Å²) in [6, 6.07) is 0.453. The molecule has 0 radical (unpaired) electrons. The molecule has 4 atom stereocenters.